The Hall–Kier alpha value is -2.30. The number of benzene rings is 1. The molecule has 17 heavy (non-hydrogen) atoms. The Balaban J connectivity index is 2.65. The van der Waals surface area contributed by atoms with Gasteiger partial charge in [0.15, 0.2) is 5.75 Å². The highest BCUT2D eigenvalue weighted by atomic mass is 16.5. The number of para-hydroxylation sites is 1. The van der Waals surface area contributed by atoms with Gasteiger partial charge in [-0.3, -0.25) is 4.79 Å². The van der Waals surface area contributed by atoms with Crippen LogP contribution in [0.1, 0.15) is 0 Å². The van der Waals surface area contributed by atoms with Gasteiger partial charge in [-0.2, -0.15) is 4.68 Å². The molecule has 0 atom stereocenters. The molecule has 88 valence electrons. The van der Waals surface area contributed by atoms with Gasteiger partial charge in [-0.05, 0) is 12.1 Å². The maximum Gasteiger partial charge on any atom is 0.314 e. The lowest BCUT2D eigenvalue weighted by Crippen LogP contribution is -2.22. The van der Waals surface area contributed by atoms with Crippen molar-refractivity contribution in [3.63, 3.8) is 0 Å². The molecule has 0 aliphatic rings. The van der Waals surface area contributed by atoms with E-state index in [2.05, 4.69) is 5.10 Å². The molecule has 0 saturated heterocycles. The van der Waals surface area contributed by atoms with E-state index in [1.165, 1.54) is 25.0 Å². The van der Waals surface area contributed by atoms with Crippen LogP contribution >= 0.6 is 0 Å². The third-order valence-electron chi connectivity index (χ3n) is 2.29. The Morgan fingerprint density at radius 2 is 1.82 bits per heavy atom. The van der Waals surface area contributed by atoms with Crippen molar-refractivity contribution in [1.82, 2.24) is 9.78 Å². The second kappa shape index (κ2) is 4.69. The number of rotatable bonds is 3. The normalized spacial score (nSPS) is 10.0. The predicted molar refractivity (Wildman–Crippen MR) is 62.9 cm³/mol. The first-order valence-electron chi connectivity index (χ1n) is 5.04. The Morgan fingerprint density at radius 3 is 2.41 bits per heavy atom. The molecule has 0 aliphatic carbocycles. The lowest BCUT2D eigenvalue weighted by atomic mass is 10.3. The van der Waals surface area contributed by atoms with Gasteiger partial charge < -0.3 is 9.47 Å². The Kier molecular flexibility index (Phi) is 3.09. The first-order valence-corrected chi connectivity index (χ1v) is 5.04. The van der Waals surface area contributed by atoms with E-state index in [-0.39, 0.29) is 11.3 Å². The van der Waals surface area contributed by atoms with E-state index in [0.717, 1.165) is 0 Å². The van der Waals surface area contributed by atoms with Gasteiger partial charge >= 0.3 is 5.56 Å². The predicted octanol–water partition coefficient (Wildman–Crippen LogP) is 1.25. The van der Waals surface area contributed by atoms with Crippen LogP contribution in [0.15, 0.2) is 41.2 Å². The quantitative estimate of drug-likeness (QED) is 0.799. The lowest BCUT2D eigenvalue weighted by Gasteiger charge is -2.08. The van der Waals surface area contributed by atoms with Gasteiger partial charge in [0, 0.05) is 6.07 Å². The van der Waals surface area contributed by atoms with Crippen LogP contribution in [0.25, 0.3) is 5.69 Å². The SMILES string of the molecule is COc1cc(OC)c(=O)n(-c2ccccc2)n1. The number of hydrogen-bond acceptors (Lipinski definition) is 4. The van der Waals surface area contributed by atoms with Gasteiger partial charge in [-0.15, -0.1) is 5.10 Å². The molecule has 2 rings (SSSR count). The molecule has 0 radical (unpaired) electrons. The number of nitrogens with zero attached hydrogens (tertiary/aromatic N) is 2. The van der Waals surface area contributed by atoms with Crippen LogP contribution in [0, 0.1) is 0 Å². The number of ether oxygens (including phenoxy) is 2. The lowest BCUT2D eigenvalue weighted by molar-refractivity contribution is 0.365. The minimum absolute atomic E-state index is 0.195. The maximum absolute atomic E-state index is 12.0. The van der Waals surface area contributed by atoms with Crippen molar-refractivity contribution >= 4 is 0 Å². The van der Waals surface area contributed by atoms with Crippen LogP contribution in [0.5, 0.6) is 11.6 Å². The molecule has 0 N–H and O–H groups in total. The molecule has 5 nitrogen and oxygen atoms in total. The van der Waals surface area contributed by atoms with Crippen molar-refractivity contribution in [3.8, 4) is 17.3 Å². The fraction of sp³-hybridized carbons (Fsp3) is 0.167. The summed E-state index contributed by atoms with van der Waals surface area (Å²) in [6.07, 6.45) is 0. The molecule has 0 saturated carbocycles. The molecule has 5 heteroatoms. The smallest absolute Gasteiger partial charge is 0.314 e. The maximum atomic E-state index is 12.0. The molecular formula is C12H12N2O3. The third kappa shape index (κ3) is 2.13. The molecule has 0 fully saturated rings. The topological polar surface area (TPSA) is 53.4 Å². The van der Waals surface area contributed by atoms with Gasteiger partial charge in [-0.1, -0.05) is 18.2 Å². The first kappa shape index (κ1) is 11.2. The van der Waals surface area contributed by atoms with Crippen LogP contribution < -0.4 is 15.0 Å². The molecule has 1 heterocycles. The van der Waals surface area contributed by atoms with Crippen LogP contribution in [0.3, 0.4) is 0 Å². The van der Waals surface area contributed by atoms with E-state index in [0.29, 0.717) is 11.6 Å². The van der Waals surface area contributed by atoms with E-state index < -0.39 is 0 Å². The Labute approximate surface area is 98.2 Å². The minimum atomic E-state index is -0.320. The third-order valence-corrected chi connectivity index (χ3v) is 2.29. The number of aromatic nitrogens is 2. The van der Waals surface area contributed by atoms with E-state index in [1.54, 1.807) is 12.1 Å². The summed E-state index contributed by atoms with van der Waals surface area (Å²) < 4.78 is 11.3. The minimum Gasteiger partial charge on any atom is -0.491 e. The fourth-order valence-electron chi connectivity index (χ4n) is 1.44. The number of methoxy groups -OCH3 is 2. The fourth-order valence-corrected chi connectivity index (χ4v) is 1.44. The van der Waals surface area contributed by atoms with Crippen LogP contribution in [-0.2, 0) is 0 Å². The van der Waals surface area contributed by atoms with Crippen molar-refractivity contribution in [1.29, 1.82) is 0 Å². The molecule has 0 unspecified atom stereocenters. The van der Waals surface area contributed by atoms with E-state index >= 15 is 0 Å². The van der Waals surface area contributed by atoms with Crippen molar-refractivity contribution in [2.75, 3.05) is 14.2 Å². The monoisotopic (exact) mass is 232 g/mol. The van der Waals surface area contributed by atoms with E-state index in [9.17, 15) is 4.79 Å². The number of hydrogen-bond donors (Lipinski definition) is 0. The highest BCUT2D eigenvalue weighted by molar-refractivity contribution is 5.34. The zero-order chi connectivity index (χ0) is 12.3. The van der Waals surface area contributed by atoms with Gasteiger partial charge in [0.1, 0.15) is 0 Å². The average molecular weight is 232 g/mol. The molecular weight excluding hydrogens is 220 g/mol. The molecule has 0 bridgehead atoms. The molecule has 1 aromatic heterocycles. The molecule has 0 spiro atoms. The van der Waals surface area contributed by atoms with Crippen LogP contribution in [0.4, 0.5) is 0 Å². The zero-order valence-electron chi connectivity index (χ0n) is 9.58. The van der Waals surface area contributed by atoms with Crippen LogP contribution in [0.2, 0.25) is 0 Å². The van der Waals surface area contributed by atoms with Crippen molar-refractivity contribution in [2.24, 2.45) is 0 Å². The van der Waals surface area contributed by atoms with E-state index in [1.807, 2.05) is 18.2 Å². The highest BCUT2D eigenvalue weighted by Crippen LogP contribution is 2.13. The van der Waals surface area contributed by atoms with Crippen LogP contribution in [-0.4, -0.2) is 24.0 Å². The molecule has 0 amide bonds. The standard InChI is InChI=1S/C12H12N2O3/c1-16-10-8-11(17-2)13-14(12(10)15)9-6-4-3-5-7-9/h3-8H,1-2H3. The Morgan fingerprint density at radius 1 is 1.12 bits per heavy atom. The summed E-state index contributed by atoms with van der Waals surface area (Å²) in [5.74, 6) is 0.519. The summed E-state index contributed by atoms with van der Waals surface area (Å²) in [7, 11) is 2.92. The van der Waals surface area contributed by atoms with Crippen molar-refractivity contribution < 1.29 is 9.47 Å². The van der Waals surface area contributed by atoms with E-state index in [4.69, 9.17) is 9.47 Å². The van der Waals surface area contributed by atoms with Crippen molar-refractivity contribution in [2.45, 2.75) is 0 Å². The highest BCUT2D eigenvalue weighted by Gasteiger charge is 2.10. The average Bonchev–Trinajstić information content (AvgIpc) is 2.40. The second-order valence-electron chi connectivity index (χ2n) is 3.31. The summed E-state index contributed by atoms with van der Waals surface area (Å²) >= 11 is 0. The van der Waals surface area contributed by atoms with Gasteiger partial charge in [-0.25, -0.2) is 0 Å². The summed E-state index contributed by atoms with van der Waals surface area (Å²) in [6, 6.07) is 10.6. The van der Waals surface area contributed by atoms with Gasteiger partial charge in [0.05, 0.1) is 19.9 Å². The molecule has 2 aromatic rings. The Bertz CT molecular complexity index is 564. The molecule has 0 aliphatic heterocycles. The molecule has 1 aromatic carbocycles. The zero-order valence-corrected chi connectivity index (χ0v) is 9.58. The van der Waals surface area contributed by atoms with Gasteiger partial charge in [0.25, 0.3) is 0 Å². The van der Waals surface area contributed by atoms with Crippen molar-refractivity contribution in [3.05, 3.63) is 46.8 Å². The summed E-state index contributed by atoms with van der Waals surface area (Å²) in [4.78, 5) is 12.0. The largest absolute Gasteiger partial charge is 0.491 e. The second-order valence-corrected chi connectivity index (χ2v) is 3.31. The summed E-state index contributed by atoms with van der Waals surface area (Å²) in [5.41, 5.74) is 0.342. The summed E-state index contributed by atoms with van der Waals surface area (Å²) in [6.45, 7) is 0. The first-order chi connectivity index (χ1) is 8.26. The summed E-state index contributed by atoms with van der Waals surface area (Å²) in [5, 5.41) is 4.07. The van der Waals surface area contributed by atoms with Gasteiger partial charge in [0.2, 0.25) is 5.88 Å².